The van der Waals surface area contributed by atoms with E-state index in [0.29, 0.717) is 21.6 Å². The number of rotatable bonds is 7. The lowest BCUT2D eigenvalue weighted by atomic mass is 10.2. The van der Waals surface area contributed by atoms with Gasteiger partial charge in [0.25, 0.3) is 5.91 Å². The first-order chi connectivity index (χ1) is 15.2. The second kappa shape index (κ2) is 10.7. The molecule has 0 aliphatic rings. The molecule has 0 radical (unpaired) electrons. The van der Waals surface area contributed by atoms with E-state index in [4.69, 9.17) is 23.2 Å². The third-order valence-electron chi connectivity index (χ3n) is 4.55. The number of carbonyl (C=O) groups is 2. The number of aromatic nitrogens is 3. The van der Waals surface area contributed by atoms with Crippen molar-refractivity contribution in [2.75, 3.05) is 11.1 Å². The Hall–Kier alpha value is -2.07. The summed E-state index contributed by atoms with van der Waals surface area (Å²) >= 11 is 16.7. The zero-order valence-corrected chi connectivity index (χ0v) is 21.4. The Morgan fingerprint density at radius 2 is 1.94 bits per heavy atom. The number of hydrogen-bond acceptors (Lipinski definition) is 5. The smallest absolute Gasteiger partial charge is 0.253 e. The highest BCUT2D eigenvalue weighted by molar-refractivity contribution is 9.10. The molecular formula is C21H20BrCl2N5O2S. The summed E-state index contributed by atoms with van der Waals surface area (Å²) in [5.41, 5.74) is 2.08. The van der Waals surface area contributed by atoms with E-state index in [1.165, 1.54) is 17.8 Å². The predicted molar refractivity (Wildman–Crippen MR) is 132 cm³/mol. The monoisotopic (exact) mass is 555 g/mol. The van der Waals surface area contributed by atoms with Crippen molar-refractivity contribution in [3.63, 3.8) is 0 Å². The predicted octanol–water partition coefficient (Wildman–Crippen LogP) is 5.41. The second-order valence-corrected chi connectivity index (χ2v) is 9.66. The van der Waals surface area contributed by atoms with Crippen LogP contribution in [-0.2, 0) is 11.8 Å². The molecule has 0 spiro atoms. The summed E-state index contributed by atoms with van der Waals surface area (Å²) < 4.78 is 2.73. The number of anilines is 1. The molecule has 1 heterocycles. The van der Waals surface area contributed by atoms with Crippen LogP contribution in [0.2, 0.25) is 10.0 Å². The minimum atomic E-state index is -0.430. The molecule has 11 heteroatoms. The molecule has 0 bridgehead atoms. The van der Waals surface area contributed by atoms with Crippen LogP contribution < -0.4 is 10.6 Å². The van der Waals surface area contributed by atoms with Gasteiger partial charge in [0.2, 0.25) is 5.91 Å². The summed E-state index contributed by atoms with van der Waals surface area (Å²) in [7, 11) is 1.78. The highest BCUT2D eigenvalue weighted by Crippen LogP contribution is 2.24. The van der Waals surface area contributed by atoms with Crippen LogP contribution in [0.3, 0.4) is 0 Å². The van der Waals surface area contributed by atoms with Crippen molar-refractivity contribution in [1.82, 2.24) is 20.1 Å². The van der Waals surface area contributed by atoms with Crippen molar-refractivity contribution in [1.29, 1.82) is 0 Å². The second-order valence-electron chi connectivity index (χ2n) is 7.02. The van der Waals surface area contributed by atoms with E-state index < -0.39 is 6.04 Å². The van der Waals surface area contributed by atoms with Gasteiger partial charge in [0.1, 0.15) is 0 Å². The zero-order valence-electron chi connectivity index (χ0n) is 17.4. The first kappa shape index (κ1) is 24.6. The van der Waals surface area contributed by atoms with E-state index in [2.05, 4.69) is 36.8 Å². The quantitative estimate of drug-likeness (QED) is 0.379. The molecule has 3 rings (SSSR count). The van der Waals surface area contributed by atoms with E-state index in [9.17, 15) is 9.59 Å². The van der Waals surface area contributed by atoms with Crippen molar-refractivity contribution in [3.8, 4) is 0 Å². The summed E-state index contributed by atoms with van der Waals surface area (Å²) in [5, 5.41) is 15.3. The molecule has 0 aliphatic carbocycles. The summed E-state index contributed by atoms with van der Waals surface area (Å²) in [5.74, 6) is 0.220. The summed E-state index contributed by atoms with van der Waals surface area (Å²) in [6, 6.07) is 9.86. The van der Waals surface area contributed by atoms with Crippen LogP contribution >= 0.6 is 50.9 Å². The molecule has 7 nitrogen and oxygen atoms in total. The van der Waals surface area contributed by atoms with Crippen LogP contribution in [0.15, 0.2) is 46.0 Å². The zero-order chi connectivity index (χ0) is 23.4. The number of thioether (sulfide) groups is 1. The largest absolute Gasteiger partial charge is 0.342 e. The Labute approximate surface area is 208 Å². The van der Waals surface area contributed by atoms with Crippen LogP contribution in [0.1, 0.15) is 34.7 Å². The van der Waals surface area contributed by atoms with Crippen molar-refractivity contribution >= 4 is 68.4 Å². The minimum Gasteiger partial charge on any atom is -0.342 e. The Kier molecular flexibility index (Phi) is 8.21. The molecule has 168 valence electrons. The Bertz CT molecular complexity index is 1170. The first-order valence-corrected chi connectivity index (χ1v) is 12.0. The fraction of sp³-hybridized carbons (Fsp3) is 0.238. The van der Waals surface area contributed by atoms with E-state index in [0.717, 1.165) is 15.7 Å². The molecule has 0 saturated heterocycles. The van der Waals surface area contributed by atoms with Gasteiger partial charge < -0.3 is 15.2 Å². The molecule has 0 saturated carbocycles. The van der Waals surface area contributed by atoms with Crippen LogP contribution in [0.5, 0.6) is 0 Å². The number of hydrogen-bond donors (Lipinski definition) is 2. The molecule has 2 N–H and O–H groups in total. The van der Waals surface area contributed by atoms with Gasteiger partial charge in [-0.1, -0.05) is 50.9 Å². The molecule has 2 aromatic carbocycles. The van der Waals surface area contributed by atoms with Gasteiger partial charge >= 0.3 is 0 Å². The molecule has 2 amide bonds. The van der Waals surface area contributed by atoms with E-state index in [1.54, 1.807) is 30.7 Å². The van der Waals surface area contributed by atoms with Gasteiger partial charge in [-0.05, 0) is 55.8 Å². The van der Waals surface area contributed by atoms with Crippen molar-refractivity contribution in [3.05, 3.63) is 67.9 Å². The fourth-order valence-corrected chi connectivity index (χ4v) is 4.35. The average molecular weight is 557 g/mol. The standard InChI is InChI=1S/C21H20BrCl2N5O2S/c1-11-8-14(5-7-16(11)22)26-18(30)10-32-21-28-27-19(29(21)3)12(2)25-20(31)15-6-4-13(23)9-17(15)24/h4-9,12H,10H2,1-3H3,(H,25,31)(H,26,30)/t12-/m1/s1. The number of nitrogens with zero attached hydrogens (tertiary/aromatic N) is 3. The highest BCUT2D eigenvalue weighted by atomic mass is 79.9. The maximum Gasteiger partial charge on any atom is 0.253 e. The normalized spacial score (nSPS) is 11.8. The number of nitrogens with one attached hydrogen (secondary N) is 2. The third-order valence-corrected chi connectivity index (χ3v) is 7.01. The highest BCUT2D eigenvalue weighted by Gasteiger charge is 2.20. The summed E-state index contributed by atoms with van der Waals surface area (Å²) in [4.78, 5) is 24.9. The molecular weight excluding hydrogens is 537 g/mol. The molecule has 1 aromatic heterocycles. The van der Waals surface area contributed by atoms with Gasteiger partial charge in [-0.15, -0.1) is 10.2 Å². The SMILES string of the molecule is Cc1cc(NC(=O)CSc2nnc([C@@H](C)NC(=O)c3ccc(Cl)cc3Cl)n2C)ccc1Br. The van der Waals surface area contributed by atoms with Gasteiger partial charge in [0, 0.05) is 22.2 Å². The lowest BCUT2D eigenvalue weighted by molar-refractivity contribution is -0.113. The number of aryl methyl sites for hydroxylation is 1. The molecule has 0 aliphatic heterocycles. The van der Waals surface area contributed by atoms with Gasteiger partial charge in [0.05, 0.1) is 22.4 Å². The molecule has 0 fully saturated rings. The average Bonchev–Trinajstić information content (AvgIpc) is 3.09. The number of carbonyl (C=O) groups excluding carboxylic acids is 2. The Morgan fingerprint density at radius 1 is 1.19 bits per heavy atom. The van der Waals surface area contributed by atoms with Crippen LogP contribution in [-0.4, -0.2) is 32.3 Å². The van der Waals surface area contributed by atoms with E-state index in [-0.39, 0.29) is 22.6 Å². The number of amides is 2. The lowest BCUT2D eigenvalue weighted by Crippen LogP contribution is -2.28. The van der Waals surface area contributed by atoms with Crippen molar-refractivity contribution < 1.29 is 9.59 Å². The fourth-order valence-electron chi connectivity index (χ4n) is 2.89. The summed E-state index contributed by atoms with van der Waals surface area (Å²) in [6.07, 6.45) is 0. The number of benzene rings is 2. The van der Waals surface area contributed by atoms with Crippen molar-refractivity contribution in [2.24, 2.45) is 7.05 Å². The first-order valence-electron chi connectivity index (χ1n) is 9.49. The Balaban J connectivity index is 1.59. The van der Waals surface area contributed by atoms with Crippen LogP contribution in [0, 0.1) is 6.92 Å². The topological polar surface area (TPSA) is 88.9 Å². The van der Waals surface area contributed by atoms with Gasteiger partial charge in [-0.3, -0.25) is 9.59 Å². The van der Waals surface area contributed by atoms with Gasteiger partial charge in [0.15, 0.2) is 11.0 Å². The maximum atomic E-state index is 12.6. The maximum absolute atomic E-state index is 12.6. The molecule has 32 heavy (non-hydrogen) atoms. The van der Waals surface area contributed by atoms with Gasteiger partial charge in [-0.25, -0.2) is 0 Å². The minimum absolute atomic E-state index is 0.153. The summed E-state index contributed by atoms with van der Waals surface area (Å²) in [6.45, 7) is 3.75. The third kappa shape index (κ3) is 6.04. The molecule has 3 aromatic rings. The van der Waals surface area contributed by atoms with E-state index in [1.807, 2.05) is 25.1 Å². The number of halogens is 3. The molecule has 1 atom stereocenters. The van der Waals surface area contributed by atoms with Crippen LogP contribution in [0.25, 0.3) is 0 Å². The Morgan fingerprint density at radius 3 is 2.62 bits per heavy atom. The molecule has 0 unspecified atom stereocenters. The van der Waals surface area contributed by atoms with Gasteiger partial charge in [-0.2, -0.15) is 0 Å². The van der Waals surface area contributed by atoms with Crippen LogP contribution in [0.4, 0.5) is 5.69 Å². The van der Waals surface area contributed by atoms with Crippen molar-refractivity contribution in [2.45, 2.75) is 25.0 Å². The lowest BCUT2D eigenvalue weighted by Gasteiger charge is -2.14. The van der Waals surface area contributed by atoms with E-state index >= 15 is 0 Å².